The van der Waals surface area contributed by atoms with E-state index in [0.29, 0.717) is 5.41 Å². The Hall–Kier alpha value is 0.270. The maximum atomic E-state index is 3.57. The number of hydrogen-bond acceptors (Lipinski definition) is 3. The molecule has 0 amide bonds. The van der Waals surface area contributed by atoms with Gasteiger partial charge in [-0.15, -0.1) is 0 Å². The predicted octanol–water partition coefficient (Wildman–Crippen LogP) is 2.06. The minimum absolute atomic E-state index is 0.551. The fraction of sp³-hybridized carbons (Fsp3) is 1.00. The van der Waals surface area contributed by atoms with Crippen molar-refractivity contribution in [3.63, 3.8) is 0 Å². The van der Waals surface area contributed by atoms with E-state index in [1.165, 1.54) is 57.1 Å². The highest BCUT2D eigenvalue weighted by molar-refractivity contribution is 7.99. The lowest BCUT2D eigenvalue weighted by atomic mass is 9.76. The maximum absolute atomic E-state index is 3.57. The van der Waals surface area contributed by atoms with Crippen molar-refractivity contribution in [2.75, 3.05) is 44.2 Å². The Bertz CT molecular complexity index is 204. The van der Waals surface area contributed by atoms with E-state index in [2.05, 4.69) is 35.8 Å². The Labute approximate surface area is 105 Å². The molecule has 2 aliphatic rings. The summed E-state index contributed by atoms with van der Waals surface area (Å²) in [5.41, 5.74) is 0.551. The summed E-state index contributed by atoms with van der Waals surface area (Å²) in [5, 5.41) is 3.57. The van der Waals surface area contributed by atoms with Crippen LogP contribution in [0.1, 0.15) is 26.7 Å². The molecule has 0 spiro atoms. The van der Waals surface area contributed by atoms with Crippen molar-refractivity contribution in [3.8, 4) is 0 Å². The Morgan fingerprint density at radius 1 is 1.31 bits per heavy atom. The number of hydrogen-bond donors (Lipinski definition) is 1. The van der Waals surface area contributed by atoms with E-state index >= 15 is 0 Å². The van der Waals surface area contributed by atoms with Crippen molar-refractivity contribution < 1.29 is 0 Å². The first kappa shape index (κ1) is 12.7. The summed E-state index contributed by atoms with van der Waals surface area (Å²) in [6.45, 7) is 11.2. The van der Waals surface area contributed by atoms with Crippen LogP contribution >= 0.6 is 11.8 Å². The highest BCUT2D eigenvalue weighted by atomic mass is 32.2. The molecule has 16 heavy (non-hydrogen) atoms. The van der Waals surface area contributed by atoms with Gasteiger partial charge in [0.2, 0.25) is 0 Å². The third-order valence-corrected chi connectivity index (χ3v) is 5.40. The molecule has 94 valence electrons. The van der Waals surface area contributed by atoms with Gasteiger partial charge < -0.3 is 10.2 Å². The van der Waals surface area contributed by atoms with Gasteiger partial charge in [0.1, 0.15) is 0 Å². The molecule has 1 unspecified atom stereocenters. The molecule has 0 saturated carbocycles. The molecular weight excluding hydrogens is 216 g/mol. The second kappa shape index (κ2) is 5.74. The van der Waals surface area contributed by atoms with E-state index in [1.807, 2.05) is 0 Å². The summed E-state index contributed by atoms with van der Waals surface area (Å²) in [6.07, 6.45) is 2.75. The van der Waals surface area contributed by atoms with Crippen LogP contribution in [0, 0.1) is 11.3 Å². The summed E-state index contributed by atoms with van der Waals surface area (Å²) in [7, 11) is 0. The Morgan fingerprint density at radius 3 is 2.88 bits per heavy atom. The van der Waals surface area contributed by atoms with Gasteiger partial charge in [0, 0.05) is 25.4 Å². The SMILES string of the molecule is CC(C)C1(CN2CCCSCC2)CCNC1. The largest absolute Gasteiger partial charge is 0.316 e. The summed E-state index contributed by atoms with van der Waals surface area (Å²) in [6, 6.07) is 0. The second-order valence-electron chi connectivity index (χ2n) is 5.69. The minimum atomic E-state index is 0.551. The molecule has 2 heterocycles. The lowest BCUT2D eigenvalue weighted by molar-refractivity contribution is 0.123. The number of rotatable bonds is 3. The zero-order valence-corrected chi connectivity index (χ0v) is 11.6. The quantitative estimate of drug-likeness (QED) is 0.815. The van der Waals surface area contributed by atoms with Crippen LogP contribution in [-0.4, -0.2) is 49.1 Å². The average molecular weight is 242 g/mol. The molecule has 3 heteroatoms. The summed E-state index contributed by atoms with van der Waals surface area (Å²) < 4.78 is 0. The van der Waals surface area contributed by atoms with Crippen LogP contribution in [0.4, 0.5) is 0 Å². The van der Waals surface area contributed by atoms with Crippen molar-refractivity contribution >= 4 is 11.8 Å². The maximum Gasteiger partial charge on any atom is 0.00726 e. The van der Waals surface area contributed by atoms with E-state index in [4.69, 9.17) is 0 Å². The van der Waals surface area contributed by atoms with Gasteiger partial charge in [-0.1, -0.05) is 13.8 Å². The van der Waals surface area contributed by atoms with E-state index < -0.39 is 0 Å². The van der Waals surface area contributed by atoms with Crippen LogP contribution in [0.5, 0.6) is 0 Å². The molecule has 2 saturated heterocycles. The van der Waals surface area contributed by atoms with Crippen LogP contribution in [0.25, 0.3) is 0 Å². The van der Waals surface area contributed by atoms with E-state index in [1.54, 1.807) is 0 Å². The van der Waals surface area contributed by atoms with Crippen LogP contribution in [0.15, 0.2) is 0 Å². The van der Waals surface area contributed by atoms with Gasteiger partial charge in [-0.2, -0.15) is 11.8 Å². The highest BCUT2D eigenvalue weighted by Crippen LogP contribution is 2.35. The summed E-state index contributed by atoms with van der Waals surface area (Å²) >= 11 is 2.13. The van der Waals surface area contributed by atoms with Gasteiger partial charge in [0.15, 0.2) is 0 Å². The number of nitrogens with zero attached hydrogens (tertiary/aromatic N) is 1. The van der Waals surface area contributed by atoms with Crippen LogP contribution in [-0.2, 0) is 0 Å². The molecule has 2 rings (SSSR count). The molecule has 0 aromatic carbocycles. The highest BCUT2D eigenvalue weighted by Gasteiger charge is 2.38. The Balaban J connectivity index is 1.94. The van der Waals surface area contributed by atoms with Crippen LogP contribution in [0.3, 0.4) is 0 Å². The summed E-state index contributed by atoms with van der Waals surface area (Å²) in [5.74, 6) is 3.50. The standard InChI is InChI=1S/C13H26N2S/c1-12(2)13(4-5-14-10-13)11-15-6-3-8-16-9-7-15/h12,14H,3-11H2,1-2H3. The van der Waals surface area contributed by atoms with Crippen molar-refractivity contribution in [1.82, 2.24) is 10.2 Å². The lowest BCUT2D eigenvalue weighted by Gasteiger charge is -2.37. The molecule has 1 atom stereocenters. The molecule has 0 radical (unpaired) electrons. The number of nitrogens with one attached hydrogen (secondary N) is 1. The van der Waals surface area contributed by atoms with Crippen LogP contribution < -0.4 is 5.32 Å². The average Bonchev–Trinajstić information content (AvgIpc) is 2.58. The van der Waals surface area contributed by atoms with E-state index in [9.17, 15) is 0 Å². The molecule has 0 bridgehead atoms. The van der Waals surface area contributed by atoms with Crippen molar-refractivity contribution in [2.45, 2.75) is 26.7 Å². The molecule has 0 aromatic heterocycles. The minimum Gasteiger partial charge on any atom is -0.316 e. The molecule has 1 N–H and O–H groups in total. The zero-order valence-electron chi connectivity index (χ0n) is 10.8. The smallest absolute Gasteiger partial charge is 0.00726 e. The Morgan fingerprint density at radius 2 is 2.19 bits per heavy atom. The molecule has 2 fully saturated rings. The van der Waals surface area contributed by atoms with Gasteiger partial charge in [-0.3, -0.25) is 0 Å². The fourth-order valence-electron chi connectivity index (χ4n) is 2.97. The lowest BCUT2D eigenvalue weighted by Crippen LogP contribution is -2.43. The second-order valence-corrected chi connectivity index (χ2v) is 6.91. The first-order valence-electron chi connectivity index (χ1n) is 6.74. The molecule has 0 aliphatic carbocycles. The van der Waals surface area contributed by atoms with Crippen molar-refractivity contribution in [3.05, 3.63) is 0 Å². The first-order valence-corrected chi connectivity index (χ1v) is 7.89. The predicted molar refractivity (Wildman–Crippen MR) is 73.1 cm³/mol. The molecular formula is C13H26N2S. The molecule has 0 aromatic rings. The Kier molecular flexibility index (Phi) is 4.57. The third-order valence-electron chi connectivity index (χ3n) is 4.35. The van der Waals surface area contributed by atoms with Gasteiger partial charge in [0.25, 0.3) is 0 Å². The van der Waals surface area contributed by atoms with E-state index in [0.717, 1.165) is 5.92 Å². The molecule has 2 aliphatic heterocycles. The van der Waals surface area contributed by atoms with Gasteiger partial charge in [-0.05, 0) is 43.0 Å². The van der Waals surface area contributed by atoms with Crippen molar-refractivity contribution in [1.29, 1.82) is 0 Å². The third kappa shape index (κ3) is 2.93. The zero-order chi connectivity index (χ0) is 11.4. The van der Waals surface area contributed by atoms with Crippen LogP contribution in [0.2, 0.25) is 0 Å². The summed E-state index contributed by atoms with van der Waals surface area (Å²) in [4.78, 5) is 2.72. The number of thioether (sulfide) groups is 1. The van der Waals surface area contributed by atoms with Gasteiger partial charge in [0.05, 0.1) is 0 Å². The topological polar surface area (TPSA) is 15.3 Å². The monoisotopic (exact) mass is 242 g/mol. The molecule has 2 nitrogen and oxygen atoms in total. The van der Waals surface area contributed by atoms with Gasteiger partial charge >= 0.3 is 0 Å². The van der Waals surface area contributed by atoms with Gasteiger partial charge in [-0.25, -0.2) is 0 Å². The normalized spacial score (nSPS) is 33.2. The van der Waals surface area contributed by atoms with Crippen molar-refractivity contribution in [2.24, 2.45) is 11.3 Å². The van der Waals surface area contributed by atoms with E-state index in [-0.39, 0.29) is 0 Å². The first-order chi connectivity index (χ1) is 7.73. The fourth-order valence-corrected chi connectivity index (χ4v) is 3.90.